The van der Waals surface area contributed by atoms with Gasteiger partial charge in [0.15, 0.2) is 0 Å². The first-order valence-electron chi connectivity index (χ1n) is 4.60. The molecule has 68 valence electrons. The lowest BCUT2D eigenvalue weighted by Gasteiger charge is -2.21. The second kappa shape index (κ2) is 3.02. The van der Waals surface area contributed by atoms with Gasteiger partial charge in [-0.3, -0.25) is 4.79 Å². The van der Waals surface area contributed by atoms with Crippen LogP contribution in [0.4, 0.5) is 0 Å². The average molecular weight is 232 g/mol. The van der Waals surface area contributed by atoms with Crippen molar-refractivity contribution in [2.75, 3.05) is 18.4 Å². The molecule has 1 amide bonds. The smallest absolute Gasteiger partial charge is 0.222 e. The number of hydrogen-bond acceptors (Lipinski definition) is 1. The number of rotatable bonds is 3. The maximum absolute atomic E-state index is 11.3. The fraction of sp³-hybridized carbons (Fsp3) is 0.889. The Bertz CT molecular complexity index is 201. The number of carbonyl (C=O) groups excluding carboxylic acids is 1. The number of hydrogen-bond donors (Lipinski definition) is 0. The molecule has 1 saturated carbocycles. The van der Waals surface area contributed by atoms with Gasteiger partial charge in [0, 0.05) is 24.8 Å². The summed E-state index contributed by atoms with van der Waals surface area (Å²) < 4.78 is 0. The Kier molecular flexibility index (Phi) is 2.15. The molecule has 0 radical (unpaired) electrons. The number of amides is 1. The molecule has 0 atom stereocenters. The lowest BCUT2D eigenvalue weighted by Crippen LogP contribution is -2.32. The molecule has 0 spiro atoms. The van der Waals surface area contributed by atoms with Crippen LogP contribution in [0.3, 0.4) is 0 Å². The molecule has 0 bridgehead atoms. The van der Waals surface area contributed by atoms with E-state index in [1.165, 1.54) is 12.8 Å². The minimum atomic E-state index is 0.363. The van der Waals surface area contributed by atoms with E-state index in [4.69, 9.17) is 0 Å². The molecule has 3 heteroatoms. The van der Waals surface area contributed by atoms with Crippen LogP contribution in [0.1, 0.15) is 25.7 Å². The molecule has 0 aromatic heterocycles. The lowest BCUT2D eigenvalue weighted by atomic mass is 10.1. The van der Waals surface area contributed by atoms with Crippen molar-refractivity contribution >= 4 is 21.8 Å². The van der Waals surface area contributed by atoms with Crippen LogP contribution in [-0.2, 0) is 4.79 Å². The topological polar surface area (TPSA) is 20.3 Å². The van der Waals surface area contributed by atoms with Crippen molar-refractivity contribution < 1.29 is 4.79 Å². The zero-order valence-electron chi connectivity index (χ0n) is 7.18. The summed E-state index contributed by atoms with van der Waals surface area (Å²) in [4.78, 5) is 13.3. The van der Waals surface area contributed by atoms with Gasteiger partial charge in [-0.05, 0) is 24.7 Å². The first-order chi connectivity index (χ1) is 5.76. The summed E-state index contributed by atoms with van der Waals surface area (Å²) >= 11 is 3.52. The summed E-state index contributed by atoms with van der Waals surface area (Å²) in [7, 11) is 0. The highest BCUT2D eigenvalue weighted by Crippen LogP contribution is 2.48. The molecule has 1 aliphatic heterocycles. The number of nitrogens with zero attached hydrogens (tertiary/aromatic N) is 1. The monoisotopic (exact) mass is 231 g/mol. The van der Waals surface area contributed by atoms with Crippen molar-refractivity contribution in [2.45, 2.75) is 25.7 Å². The molecule has 0 unspecified atom stereocenters. The van der Waals surface area contributed by atoms with E-state index in [1.54, 1.807) is 0 Å². The summed E-state index contributed by atoms with van der Waals surface area (Å²) in [6.07, 6.45) is 4.43. The van der Waals surface area contributed by atoms with E-state index in [9.17, 15) is 4.79 Å². The van der Waals surface area contributed by atoms with E-state index in [1.807, 2.05) is 4.90 Å². The van der Waals surface area contributed by atoms with Crippen LogP contribution in [0.25, 0.3) is 0 Å². The van der Waals surface area contributed by atoms with E-state index < -0.39 is 0 Å². The summed E-state index contributed by atoms with van der Waals surface area (Å²) in [6.45, 7) is 1.99. The van der Waals surface area contributed by atoms with Gasteiger partial charge < -0.3 is 4.90 Å². The summed E-state index contributed by atoms with van der Waals surface area (Å²) in [5.74, 6) is 0.363. The Hall–Kier alpha value is -0.0500. The second-order valence-corrected chi connectivity index (χ2v) is 4.61. The molecule has 2 rings (SSSR count). The van der Waals surface area contributed by atoms with E-state index in [-0.39, 0.29) is 0 Å². The Morgan fingerprint density at radius 1 is 1.50 bits per heavy atom. The third kappa shape index (κ3) is 1.51. The van der Waals surface area contributed by atoms with Crippen molar-refractivity contribution in [2.24, 2.45) is 5.41 Å². The average Bonchev–Trinajstić information content (AvgIpc) is 2.74. The Balaban J connectivity index is 1.90. The van der Waals surface area contributed by atoms with E-state index in [0.717, 1.165) is 31.3 Å². The van der Waals surface area contributed by atoms with Crippen LogP contribution in [0, 0.1) is 5.41 Å². The molecule has 2 nitrogen and oxygen atoms in total. The number of halogens is 1. The van der Waals surface area contributed by atoms with Crippen LogP contribution >= 0.6 is 15.9 Å². The molecular weight excluding hydrogens is 218 g/mol. The minimum absolute atomic E-state index is 0.363. The number of likely N-dealkylation sites (tertiary alicyclic amines) is 1. The van der Waals surface area contributed by atoms with Gasteiger partial charge in [-0.15, -0.1) is 0 Å². The van der Waals surface area contributed by atoms with Crippen LogP contribution < -0.4 is 0 Å². The van der Waals surface area contributed by atoms with Crippen LogP contribution in [0.5, 0.6) is 0 Å². The third-order valence-electron chi connectivity index (χ3n) is 2.94. The molecule has 1 heterocycles. The normalized spacial score (nSPS) is 26.4. The zero-order valence-corrected chi connectivity index (χ0v) is 8.77. The Labute approximate surface area is 81.4 Å². The molecule has 0 N–H and O–H groups in total. The quantitative estimate of drug-likeness (QED) is 0.679. The van der Waals surface area contributed by atoms with Crippen LogP contribution in [0.15, 0.2) is 0 Å². The molecular formula is C9H14BrNO. The molecule has 2 aliphatic rings. The van der Waals surface area contributed by atoms with Crippen molar-refractivity contribution in [1.29, 1.82) is 0 Å². The summed E-state index contributed by atoms with van der Waals surface area (Å²) in [5, 5.41) is 1.06. The van der Waals surface area contributed by atoms with Gasteiger partial charge in [0.25, 0.3) is 0 Å². The second-order valence-electron chi connectivity index (χ2n) is 4.05. The lowest BCUT2D eigenvalue weighted by molar-refractivity contribution is -0.128. The minimum Gasteiger partial charge on any atom is -0.342 e. The number of carbonyl (C=O) groups is 1. The molecule has 2 fully saturated rings. The fourth-order valence-electron chi connectivity index (χ4n) is 1.79. The molecule has 0 aromatic carbocycles. The standard InChI is InChI=1S/C9H14BrNO/c10-6-9(3-4-9)7-11-5-1-2-8(11)12/h1-7H2. The van der Waals surface area contributed by atoms with Crippen LogP contribution in [0.2, 0.25) is 0 Å². The first-order valence-corrected chi connectivity index (χ1v) is 5.72. The van der Waals surface area contributed by atoms with Crippen molar-refractivity contribution in [1.82, 2.24) is 4.90 Å². The van der Waals surface area contributed by atoms with Gasteiger partial charge in [0.05, 0.1) is 0 Å². The van der Waals surface area contributed by atoms with Gasteiger partial charge in [-0.1, -0.05) is 15.9 Å². The summed E-state index contributed by atoms with van der Waals surface area (Å²) in [5.41, 5.74) is 0.458. The van der Waals surface area contributed by atoms with Gasteiger partial charge in [-0.25, -0.2) is 0 Å². The predicted octanol–water partition coefficient (Wildman–Crippen LogP) is 1.78. The maximum atomic E-state index is 11.3. The van der Waals surface area contributed by atoms with Gasteiger partial charge >= 0.3 is 0 Å². The van der Waals surface area contributed by atoms with Gasteiger partial charge in [-0.2, -0.15) is 0 Å². The predicted molar refractivity (Wildman–Crippen MR) is 51.3 cm³/mol. The first kappa shape index (κ1) is 8.54. The van der Waals surface area contributed by atoms with Crippen LogP contribution in [-0.4, -0.2) is 29.2 Å². The fourth-order valence-corrected chi connectivity index (χ4v) is 2.52. The Morgan fingerprint density at radius 3 is 2.67 bits per heavy atom. The molecule has 1 aliphatic carbocycles. The largest absolute Gasteiger partial charge is 0.342 e. The third-order valence-corrected chi connectivity index (χ3v) is 4.13. The van der Waals surface area contributed by atoms with E-state index in [2.05, 4.69) is 15.9 Å². The highest BCUT2D eigenvalue weighted by molar-refractivity contribution is 9.09. The Morgan fingerprint density at radius 2 is 2.25 bits per heavy atom. The summed E-state index contributed by atoms with van der Waals surface area (Å²) in [6, 6.07) is 0. The van der Waals surface area contributed by atoms with E-state index in [0.29, 0.717) is 11.3 Å². The highest BCUT2D eigenvalue weighted by Gasteiger charge is 2.44. The van der Waals surface area contributed by atoms with E-state index >= 15 is 0 Å². The van der Waals surface area contributed by atoms with Crippen molar-refractivity contribution in [3.63, 3.8) is 0 Å². The number of alkyl halides is 1. The molecule has 1 saturated heterocycles. The molecule has 0 aromatic rings. The van der Waals surface area contributed by atoms with Crippen molar-refractivity contribution in [3.05, 3.63) is 0 Å². The maximum Gasteiger partial charge on any atom is 0.222 e. The van der Waals surface area contributed by atoms with Gasteiger partial charge in [0.2, 0.25) is 5.91 Å². The molecule has 12 heavy (non-hydrogen) atoms. The highest BCUT2D eigenvalue weighted by atomic mass is 79.9. The SMILES string of the molecule is O=C1CCCN1CC1(CBr)CC1. The van der Waals surface area contributed by atoms with Crippen molar-refractivity contribution in [3.8, 4) is 0 Å². The zero-order chi connectivity index (χ0) is 8.60. The van der Waals surface area contributed by atoms with Gasteiger partial charge in [0.1, 0.15) is 0 Å².